The lowest BCUT2D eigenvalue weighted by Gasteiger charge is -2.10. The van der Waals surface area contributed by atoms with Crippen LogP contribution in [0.25, 0.3) is 0 Å². The van der Waals surface area contributed by atoms with Crippen LogP contribution in [-0.2, 0) is 4.84 Å². The highest BCUT2D eigenvalue weighted by atomic mass is 16.7. The first-order valence-electron chi connectivity index (χ1n) is 7.73. The molecule has 0 spiro atoms. The maximum absolute atomic E-state index is 12.3. The molecule has 0 saturated heterocycles. The molecule has 2 N–H and O–H groups in total. The van der Waals surface area contributed by atoms with Crippen molar-refractivity contribution >= 4 is 17.4 Å². The highest BCUT2D eigenvalue weighted by Gasteiger charge is 2.20. The zero-order valence-corrected chi connectivity index (χ0v) is 13.0. The number of para-hydroxylation sites is 1. The Morgan fingerprint density at radius 3 is 2.70 bits per heavy atom. The number of rotatable bonds is 5. The SMILES string of the molecule is CCCC1N=C(c2ccccc2NC(=O)c2ccccc2)NO1. The number of anilines is 1. The first-order valence-corrected chi connectivity index (χ1v) is 7.73. The summed E-state index contributed by atoms with van der Waals surface area (Å²) in [6, 6.07) is 16.7. The molecule has 0 bridgehead atoms. The van der Waals surface area contributed by atoms with Crippen molar-refractivity contribution in [1.29, 1.82) is 0 Å². The van der Waals surface area contributed by atoms with Crippen molar-refractivity contribution in [1.82, 2.24) is 5.48 Å². The molecule has 1 amide bonds. The first-order chi connectivity index (χ1) is 11.3. The monoisotopic (exact) mass is 309 g/mol. The topological polar surface area (TPSA) is 62.7 Å². The molecule has 0 aromatic heterocycles. The van der Waals surface area contributed by atoms with Gasteiger partial charge in [-0.05, 0) is 30.7 Å². The van der Waals surface area contributed by atoms with Crippen molar-refractivity contribution < 1.29 is 9.63 Å². The number of nitrogens with zero attached hydrogens (tertiary/aromatic N) is 1. The molecule has 3 rings (SSSR count). The Balaban J connectivity index is 1.82. The minimum absolute atomic E-state index is 0.150. The first kappa shape index (κ1) is 15.2. The Hall–Kier alpha value is -2.66. The standard InChI is InChI=1S/C18H19N3O2/c1-2-8-16-20-17(21-23-16)14-11-6-7-12-15(14)19-18(22)13-9-4-3-5-10-13/h3-7,9-12,16H,2,8H2,1H3,(H,19,22)(H,20,21). The van der Waals surface area contributed by atoms with E-state index in [1.165, 1.54) is 0 Å². The molecule has 5 heteroatoms. The summed E-state index contributed by atoms with van der Waals surface area (Å²) in [5.74, 6) is 0.495. The zero-order chi connectivity index (χ0) is 16.1. The molecular formula is C18H19N3O2. The Morgan fingerprint density at radius 2 is 1.91 bits per heavy atom. The summed E-state index contributed by atoms with van der Waals surface area (Å²) in [5.41, 5.74) is 4.99. The van der Waals surface area contributed by atoms with E-state index in [4.69, 9.17) is 4.84 Å². The Kier molecular flexibility index (Phi) is 4.68. The molecule has 1 aliphatic heterocycles. The van der Waals surface area contributed by atoms with E-state index in [9.17, 15) is 4.79 Å². The Labute approximate surface area is 135 Å². The molecule has 118 valence electrons. The van der Waals surface area contributed by atoms with Crippen LogP contribution in [-0.4, -0.2) is 18.0 Å². The maximum Gasteiger partial charge on any atom is 0.255 e. The lowest BCUT2D eigenvalue weighted by molar-refractivity contribution is 0.0330. The predicted octanol–water partition coefficient (Wildman–Crippen LogP) is 3.35. The number of amides is 1. The van der Waals surface area contributed by atoms with Crippen LogP contribution in [0.15, 0.2) is 59.6 Å². The van der Waals surface area contributed by atoms with E-state index in [-0.39, 0.29) is 12.1 Å². The summed E-state index contributed by atoms with van der Waals surface area (Å²) in [7, 11) is 0. The third-order valence-corrected chi connectivity index (χ3v) is 3.57. The smallest absolute Gasteiger partial charge is 0.255 e. The fourth-order valence-corrected chi connectivity index (χ4v) is 2.40. The molecule has 23 heavy (non-hydrogen) atoms. The third-order valence-electron chi connectivity index (χ3n) is 3.57. The van der Waals surface area contributed by atoms with E-state index < -0.39 is 0 Å². The van der Waals surface area contributed by atoms with E-state index in [1.54, 1.807) is 12.1 Å². The molecule has 2 aromatic rings. The maximum atomic E-state index is 12.3. The number of nitrogens with one attached hydrogen (secondary N) is 2. The van der Waals surface area contributed by atoms with Gasteiger partial charge in [0.05, 0.1) is 5.69 Å². The molecule has 1 aliphatic rings. The van der Waals surface area contributed by atoms with Gasteiger partial charge in [0.2, 0.25) is 0 Å². The fourth-order valence-electron chi connectivity index (χ4n) is 2.40. The lowest BCUT2D eigenvalue weighted by atomic mass is 10.1. The van der Waals surface area contributed by atoms with Gasteiger partial charge in [-0.15, -0.1) is 0 Å². The van der Waals surface area contributed by atoms with E-state index in [2.05, 4.69) is 22.7 Å². The van der Waals surface area contributed by atoms with Crippen LogP contribution in [0.5, 0.6) is 0 Å². The molecular weight excluding hydrogens is 290 g/mol. The molecule has 1 heterocycles. The van der Waals surface area contributed by atoms with Gasteiger partial charge in [0.25, 0.3) is 5.91 Å². The van der Waals surface area contributed by atoms with Crippen LogP contribution in [0, 0.1) is 0 Å². The van der Waals surface area contributed by atoms with Crippen molar-refractivity contribution in [3.8, 4) is 0 Å². The highest BCUT2D eigenvalue weighted by molar-refractivity contribution is 6.10. The number of carbonyl (C=O) groups excluding carboxylic acids is 1. The second kappa shape index (κ2) is 7.07. The normalized spacial score (nSPS) is 16.6. The summed E-state index contributed by atoms with van der Waals surface area (Å²) in [6.07, 6.45) is 1.68. The summed E-state index contributed by atoms with van der Waals surface area (Å²) < 4.78 is 0. The molecule has 0 radical (unpaired) electrons. The zero-order valence-electron chi connectivity index (χ0n) is 13.0. The second-order valence-corrected chi connectivity index (χ2v) is 5.31. The van der Waals surface area contributed by atoms with Gasteiger partial charge in [-0.3, -0.25) is 4.79 Å². The Morgan fingerprint density at radius 1 is 1.17 bits per heavy atom. The minimum Gasteiger partial charge on any atom is -0.321 e. The Bertz CT molecular complexity index is 713. The molecule has 0 fully saturated rings. The minimum atomic E-state index is -0.173. The average Bonchev–Trinajstić information content (AvgIpc) is 3.05. The van der Waals surface area contributed by atoms with E-state index in [1.807, 2.05) is 42.5 Å². The van der Waals surface area contributed by atoms with Gasteiger partial charge in [0, 0.05) is 11.1 Å². The molecule has 5 nitrogen and oxygen atoms in total. The van der Waals surface area contributed by atoms with E-state index in [0.717, 1.165) is 18.4 Å². The second-order valence-electron chi connectivity index (χ2n) is 5.31. The number of hydrogen-bond acceptors (Lipinski definition) is 4. The third kappa shape index (κ3) is 3.57. The number of amidine groups is 1. The van der Waals surface area contributed by atoms with Crippen LogP contribution in [0.2, 0.25) is 0 Å². The largest absolute Gasteiger partial charge is 0.321 e. The predicted molar refractivity (Wildman–Crippen MR) is 90.3 cm³/mol. The van der Waals surface area contributed by atoms with Gasteiger partial charge in [-0.25, -0.2) is 15.3 Å². The summed E-state index contributed by atoms with van der Waals surface area (Å²) >= 11 is 0. The number of hydroxylamine groups is 1. The van der Waals surface area contributed by atoms with Gasteiger partial charge in [-0.1, -0.05) is 43.7 Å². The quantitative estimate of drug-likeness (QED) is 0.890. The van der Waals surface area contributed by atoms with Crippen molar-refractivity contribution in [3.63, 3.8) is 0 Å². The van der Waals surface area contributed by atoms with Crippen molar-refractivity contribution in [2.24, 2.45) is 4.99 Å². The van der Waals surface area contributed by atoms with E-state index in [0.29, 0.717) is 17.1 Å². The summed E-state index contributed by atoms with van der Waals surface area (Å²) in [6.45, 7) is 2.09. The number of benzene rings is 2. The lowest BCUT2D eigenvalue weighted by Crippen LogP contribution is -2.22. The van der Waals surface area contributed by atoms with Crippen LogP contribution in [0.3, 0.4) is 0 Å². The van der Waals surface area contributed by atoms with E-state index >= 15 is 0 Å². The summed E-state index contributed by atoms with van der Waals surface area (Å²) in [4.78, 5) is 22.3. The van der Waals surface area contributed by atoms with Crippen LogP contribution >= 0.6 is 0 Å². The van der Waals surface area contributed by atoms with Crippen LogP contribution in [0.4, 0.5) is 5.69 Å². The molecule has 2 aromatic carbocycles. The summed E-state index contributed by atoms with van der Waals surface area (Å²) in [5, 5.41) is 2.94. The van der Waals surface area contributed by atoms with Crippen LogP contribution < -0.4 is 10.8 Å². The van der Waals surface area contributed by atoms with Crippen molar-refractivity contribution in [3.05, 3.63) is 65.7 Å². The van der Waals surface area contributed by atoms with Crippen molar-refractivity contribution in [2.75, 3.05) is 5.32 Å². The highest BCUT2D eigenvalue weighted by Crippen LogP contribution is 2.20. The van der Waals surface area contributed by atoms with Gasteiger partial charge in [-0.2, -0.15) is 0 Å². The molecule has 1 atom stereocenters. The molecule has 0 aliphatic carbocycles. The molecule has 0 saturated carbocycles. The fraction of sp³-hybridized carbons (Fsp3) is 0.222. The number of carbonyl (C=O) groups is 1. The number of aliphatic imine (C=N–C) groups is 1. The van der Waals surface area contributed by atoms with Gasteiger partial charge >= 0.3 is 0 Å². The molecule has 1 unspecified atom stereocenters. The average molecular weight is 309 g/mol. The van der Waals surface area contributed by atoms with Gasteiger partial charge in [0.15, 0.2) is 12.1 Å². The van der Waals surface area contributed by atoms with Gasteiger partial charge in [0.1, 0.15) is 0 Å². The van der Waals surface area contributed by atoms with Gasteiger partial charge < -0.3 is 5.32 Å². The van der Waals surface area contributed by atoms with Crippen LogP contribution in [0.1, 0.15) is 35.7 Å². The van der Waals surface area contributed by atoms with Crippen molar-refractivity contribution in [2.45, 2.75) is 26.0 Å². The number of hydrogen-bond donors (Lipinski definition) is 2.